The molecule has 0 aliphatic heterocycles. The number of sulfonamides is 1. The lowest BCUT2D eigenvalue weighted by Crippen LogP contribution is -2.23. The molecular weight excluding hydrogens is 288 g/mol. The zero-order valence-electron chi connectivity index (χ0n) is 11.4. The van der Waals surface area contributed by atoms with Gasteiger partial charge in [0.2, 0.25) is 15.9 Å². The highest BCUT2D eigenvalue weighted by Gasteiger charge is 2.15. The summed E-state index contributed by atoms with van der Waals surface area (Å²) in [6, 6.07) is 14.0. The van der Waals surface area contributed by atoms with Gasteiger partial charge in [-0.25, -0.2) is 18.1 Å². The van der Waals surface area contributed by atoms with Crippen LogP contribution in [0.1, 0.15) is 11.5 Å². The summed E-state index contributed by atoms with van der Waals surface area (Å²) in [5.74, 6) is 0.340. The fourth-order valence-corrected chi connectivity index (χ4v) is 3.10. The smallest absolute Gasteiger partial charge is 0.241 e. The van der Waals surface area contributed by atoms with Gasteiger partial charge in [0.15, 0.2) is 5.58 Å². The molecule has 1 aromatic heterocycles. The first kappa shape index (κ1) is 13.8. The zero-order chi connectivity index (χ0) is 14.9. The number of oxazole rings is 1. The van der Waals surface area contributed by atoms with Gasteiger partial charge in [-0.2, -0.15) is 0 Å². The second-order valence-corrected chi connectivity index (χ2v) is 6.48. The van der Waals surface area contributed by atoms with Crippen LogP contribution in [-0.4, -0.2) is 13.4 Å². The van der Waals surface area contributed by atoms with Crippen LogP contribution < -0.4 is 4.72 Å². The van der Waals surface area contributed by atoms with Gasteiger partial charge in [0.25, 0.3) is 0 Å². The van der Waals surface area contributed by atoms with E-state index in [1.54, 1.807) is 24.3 Å². The van der Waals surface area contributed by atoms with Crippen LogP contribution >= 0.6 is 0 Å². The van der Waals surface area contributed by atoms with Crippen LogP contribution in [-0.2, 0) is 16.6 Å². The number of nitrogens with one attached hydrogen (secondary N) is 1. The van der Waals surface area contributed by atoms with E-state index in [9.17, 15) is 8.42 Å². The molecule has 6 heteroatoms. The molecule has 5 nitrogen and oxygen atoms in total. The minimum absolute atomic E-state index is 0.0188. The van der Waals surface area contributed by atoms with E-state index < -0.39 is 10.0 Å². The Hall–Kier alpha value is -2.18. The van der Waals surface area contributed by atoms with Crippen LogP contribution in [0.4, 0.5) is 0 Å². The molecule has 0 unspecified atom stereocenters. The molecule has 0 aliphatic carbocycles. The van der Waals surface area contributed by atoms with E-state index in [-0.39, 0.29) is 11.4 Å². The van der Waals surface area contributed by atoms with Crippen LogP contribution in [0.2, 0.25) is 0 Å². The van der Waals surface area contributed by atoms with Crippen molar-refractivity contribution in [3.63, 3.8) is 0 Å². The van der Waals surface area contributed by atoms with Crippen molar-refractivity contribution in [2.45, 2.75) is 18.4 Å². The van der Waals surface area contributed by atoms with Gasteiger partial charge in [0.1, 0.15) is 5.52 Å². The standard InChI is InChI=1S/C15H14N2O3S/c1-11-5-4-6-12(9-11)21(18,19)16-10-15-17-13-7-2-3-8-14(13)20-15/h2-9,16H,10H2,1H3. The van der Waals surface area contributed by atoms with E-state index in [1.165, 1.54) is 0 Å². The van der Waals surface area contributed by atoms with E-state index in [1.807, 2.05) is 31.2 Å². The van der Waals surface area contributed by atoms with Crippen LogP contribution in [0, 0.1) is 6.92 Å². The fraction of sp³-hybridized carbons (Fsp3) is 0.133. The quantitative estimate of drug-likeness (QED) is 0.804. The molecule has 0 saturated carbocycles. The molecule has 21 heavy (non-hydrogen) atoms. The summed E-state index contributed by atoms with van der Waals surface area (Å²) in [5.41, 5.74) is 2.24. The summed E-state index contributed by atoms with van der Waals surface area (Å²) in [4.78, 5) is 4.47. The largest absolute Gasteiger partial charge is 0.439 e. The Kier molecular flexibility index (Phi) is 3.48. The first-order valence-corrected chi connectivity index (χ1v) is 7.94. The summed E-state index contributed by atoms with van der Waals surface area (Å²) in [6.07, 6.45) is 0. The number of fused-ring (bicyclic) bond motifs is 1. The molecule has 3 aromatic rings. The molecule has 0 bridgehead atoms. The maximum Gasteiger partial charge on any atom is 0.241 e. The normalized spacial score (nSPS) is 11.9. The second-order valence-electron chi connectivity index (χ2n) is 4.72. The predicted octanol–water partition coefficient (Wildman–Crippen LogP) is 2.61. The van der Waals surface area contributed by atoms with Crippen molar-refractivity contribution in [1.82, 2.24) is 9.71 Å². The lowest BCUT2D eigenvalue weighted by atomic mass is 10.2. The lowest BCUT2D eigenvalue weighted by molar-refractivity contribution is 0.513. The zero-order valence-corrected chi connectivity index (χ0v) is 12.2. The van der Waals surface area contributed by atoms with Gasteiger partial charge in [-0.05, 0) is 36.8 Å². The molecule has 0 spiro atoms. The summed E-state index contributed by atoms with van der Waals surface area (Å²) in [7, 11) is -3.57. The minimum Gasteiger partial charge on any atom is -0.439 e. The van der Waals surface area contributed by atoms with E-state index >= 15 is 0 Å². The molecule has 0 aliphatic rings. The van der Waals surface area contributed by atoms with Gasteiger partial charge in [0.05, 0.1) is 11.4 Å². The highest BCUT2D eigenvalue weighted by molar-refractivity contribution is 7.89. The molecule has 0 fully saturated rings. The van der Waals surface area contributed by atoms with Crippen LogP contribution in [0.5, 0.6) is 0 Å². The topological polar surface area (TPSA) is 72.2 Å². The van der Waals surface area contributed by atoms with Crippen molar-refractivity contribution in [1.29, 1.82) is 0 Å². The molecule has 0 radical (unpaired) electrons. The van der Waals surface area contributed by atoms with Gasteiger partial charge >= 0.3 is 0 Å². The Morgan fingerprint density at radius 2 is 1.95 bits per heavy atom. The molecule has 0 saturated heterocycles. The number of aromatic nitrogens is 1. The van der Waals surface area contributed by atoms with Crippen molar-refractivity contribution < 1.29 is 12.8 Å². The number of para-hydroxylation sites is 2. The lowest BCUT2D eigenvalue weighted by Gasteiger charge is -2.05. The van der Waals surface area contributed by atoms with Crippen LogP contribution in [0.25, 0.3) is 11.1 Å². The van der Waals surface area contributed by atoms with Gasteiger partial charge in [0, 0.05) is 0 Å². The number of nitrogens with zero attached hydrogens (tertiary/aromatic N) is 1. The predicted molar refractivity (Wildman–Crippen MR) is 79.2 cm³/mol. The van der Waals surface area contributed by atoms with Crippen LogP contribution in [0.15, 0.2) is 57.8 Å². The Labute approximate surface area is 122 Å². The van der Waals surface area contributed by atoms with Gasteiger partial charge in [-0.1, -0.05) is 24.3 Å². The van der Waals surface area contributed by atoms with Crippen molar-refractivity contribution >= 4 is 21.1 Å². The molecule has 1 N–H and O–H groups in total. The Bertz CT molecular complexity index is 852. The number of hydrogen-bond donors (Lipinski definition) is 1. The van der Waals surface area contributed by atoms with Crippen LogP contribution in [0.3, 0.4) is 0 Å². The van der Waals surface area contributed by atoms with Gasteiger partial charge in [-0.3, -0.25) is 0 Å². The molecule has 0 atom stereocenters. The van der Waals surface area contributed by atoms with Crippen molar-refractivity contribution in [2.24, 2.45) is 0 Å². The molecule has 3 rings (SSSR count). The molecule has 2 aromatic carbocycles. The maximum absolute atomic E-state index is 12.2. The Morgan fingerprint density at radius 3 is 2.71 bits per heavy atom. The average molecular weight is 302 g/mol. The molecule has 0 amide bonds. The van der Waals surface area contributed by atoms with Crippen molar-refractivity contribution in [3.8, 4) is 0 Å². The third-order valence-electron chi connectivity index (χ3n) is 3.05. The van der Waals surface area contributed by atoms with E-state index in [2.05, 4.69) is 9.71 Å². The Morgan fingerprint density at radius 1 is 1.14 bits per heavy atom. The fourth-order valence-electron chi connectivity index (χ4n) is 2.02. The van der Waals surface area contributed by atoms with Gasteiger partial charge < -0.3 is 4.42 Å². The molecule has 1 heterocycles. The molecular formula is C15H14N2O3S. The first-order valence-electron chi connectivity index (χ1n) is 6.45. The SMILES string of the molecule is Cc1cccc(S(=O)(=O)NCc2nc3ccccc3o2)c1. The van der Waals surface area contributed by atoms with E-state index in [0.29, 0.717) is 17.0 Å². The number of benzene rings is 2. The number of rotatable bonds is 4. The number of aryl methyl sites for hydroxylation is 1. The van der Waals surface area contributed by atoms with E-state index in [0.717, 1.165) is 5.56 Å². The minimum atomic E-state index is -3.57. The monoisotopic (exact) mass is 302 g/mol. The van der Waals surface area contributed by atoms with E-state index in [4.69, 9.17) is 4.42 Å². The highest BCUT2D eigenvalue weighted by atomic mass is 32.2. The van der Waals surface area contributed by atoms with Crippen molar-refractivity contribution in [3.05, 3.63) is 60.0 Å². The summed E-state index contributed by atoms with van der Waals surface area (Å²) >= 11 is 0. The average Bonchev–Trinajstić information content (AvgIpc) is 2.88. The van der Waals surface area contributed by atoms with Gasteiger partial charge in [-0.15, -0.1) is 0 Å². The first-order chi connectivity index (χ1) is 10.0. The summed E-state index contributed by atoms with van der Waals surface area (Å²) in [6.45, 7) is 1.87. The second kappa shape index (κ2) is 5.31. The van der Waals surface area contributed by atoms with Crippen molar-refractivity contribution in [2.75, 3.05) is 0 Å². The summed E-state index contributed by atoms with van der Waals surface area (Å²) < 4.78 is 32.4. The Balaban J connectivity index is 1.80. The highest BCUT2D eigenvalue weighted by Crippen LogP contribution is 2.16. The molecule has 108 valence electrons. The number of hydrogen-bond acceptors (Lipinski definition) is 4. The maximum atomic E-state index is 12.2. The summed E-state index contributed by atoms with van der Waals surface area (Å²) in [5, 5.41) is 0. The third kappa shape index (κ3) is 2.96. The third-order valence-corrected chi connectivity index (χ3v) is 4.45.